The van der Waals surface area contributed by atoms with Gasteiger partial charge >= 0.3 is 6.18 Å². The van der Waals surface area contributed by atoms with Crippen LogP contribution in [0.25, 0.3) is 0 Å². The van der Waals surface area contributed by atoms with Gasteiger partial charge in [0.25, 0.3) is 0 Å². The predicted octanol–water partition coefficient (Wildman–Crippen LogP) is 2.27. The molecule has 0 aromatic rings. The number of hydrogen-bond donors (Lipinski definition) is 1. The summed E-state index contributed by atoms with van der Waals surface area (Å²) in [7, 11) is 0. The van der Waals surface area contributed by atoms with Crippen LogP contribution in [0, 0.1) is 5.41 Å². The van der Waals surface area contributed by atoms with Crippen LogP contribution in [-0.2, 0) is 0 Å². The number of rotatable bonds is 4. The van der Waals surface area contributed by atoms with Gasteiger partial charge in [0.2, 0.25) is 0 Å². The van der Waals surface area contributed by atoms with E-state index in [2.05, 4.69) is 17.5 Å². The molecule has 2 nitrogen and oxygen atoms in total. The number of hydrogen-bond acceptors (Lipinski definition) is 3. The average Bonchev–Trinajstić information content (AvgIpc) is 2.24. The Morgan fingerprint density at radius 1 is 1.00 bits per heavy atom. The zero-order valence-electron chi connectivity index (χ0n) is 10.5. The molecule has 2 aliphatic rings. The topological polar surface area (TPSA) is 6.48 Å². The quantitative estimate of drug-likeness (QED) is 0.790. The van der Waals surface area contributed by atoms with Crippen molar-refractivity contribution in [3.63, 3.8) is 0 Å². The molecule has 0 aromatic heterocycles. The molecule has 1 saturated carbocycles. The van der Waals surface area contributed by atoms with Gasteiger partial charge < -0.3 is 4.90 Å². The normalized spacial score (nSPS) is 26.0. The van der Waals surface area contributed by atoms with Crippen molar-refractivity contribution in [3.8, 4) is 0 Å². The minimum absolute atomic E-state index is 0.343. The van der Waals surface area contributed by atoms with Gasteiger partial charge in [-0.3, -0.25) is 4.90 Å². The van der Waals surface area contributed by atoms with E-state index in [0.29, 0.717) is 18.5 Å². The lowest BCUT2D eigenvalue weighted by atomic mass is 9.70. The van der Waals surface area contributed by atoms with Crippen molar-refractivity contribution < 1.29 is 13.2 Å². The molecule has 106 valence electrons. The summed E-state index contributed by atoms with van der Waals surface area (Å²) in [5, 5.41) is 0. The van der Waals surface area contributed by atoms with Crippen molar-refractivity contribution in [2.24, 2.45) is 5.41 Å². The van der Waals surface area contributed by atoms with Crippen LogP contribution >= 0.6 is 12.6 Å². The van der Waals surface area contributed by atoms with Gasteiger partial charge in [-0.25, -0.2) is 0 Å². The van der Waals surface area contributed by atoms with Crippen LogP contribution in [0.15, 0.2) is 0 Å². The van der Waals surface area contributed by atoms with Gasteiger partial charge in [-0.2, -0.15) is 25.8 Å². The van der Waals surface area contributed by atoms with E-state index in [4.69, 9.17) is 0 Å². The largest absolute Gasteiger partial charge is 0.401 e. The summed E-state index contributed by atoms with van der Waals surface area (Å²) in [6.07, 6.45) is -0.352. The zero-order chi connectivity index (χ0) is 13.2. The maximum atomic E-state index is 12.3. The molecule has 0 bridgehead atoms. The molecule has 2 fully saturated rings. The molecule has 0 atom stereocenters. The molecule has 1 heterocycles. The summed E-state index contributed by atoms with van der Waals surface area (Å²) in [6, 6.07) is 0. The zero-order valence-corrected chi connectivity index (χ0v) is 11.4. The van der Waals surface area contributed by atoms with E-state index in [1.54, 1.807) is 0 Å². The predicted molar refractivity (Wildman–Crippen MR) is 69.1 cm³/mol. The Balaban J connectivity index is 1.73. The monoisotopic (exact) mass is 282 g/mol. The first-order chi connectivity index (χ1) is 8.42. The Kier molecular flexibility index (Phi) is 4.49. The highest BCUT2D eigenvalue weighted by Gasteiger charge is 2.38. The highest BCUT2D eigenvalue weighted by molar-refractivity contribution is 7.80. The number of nitrogens with zero attached hydrogens (tertiary/aromatic N) is 2. The van der Waals surface area contributed by atoms with E-state index in [9.17, 15) is 13.2 Å². The molecule has 0 amide bonds. The van der Waals surface area contributed by atoms with Crippen molar-refractivity contribution in [1.82, 2.24) is 9.80 Å². The Bertz CT molecular complexity index is 265. The third kappa shape index (κ3) is 3.78. The molecule has 0 spiro atoms. The standard InChI is InChI=1S/C12H21F3N2S/c13-12(14,15)9-17-6-4-16(5-7-17)8-11(10-18)2-1-3-11/h18H,1-10H2. The van der Waals surface area contributed by atoms with E-state index in [0.717, 1.165) is 25.4 Å². The summed E-state index contributed by atoms with van der Waals surface area (Å²) in [5.41, 5.74) is 0.343. The number of alkyl halides is 3. The molecule has 1 aliphatic carbocycles. The van der Waals surface area contributed by atoms with Crippen LogP contribution in [0.2, 0.25) is 0 Å². The lowest BCUT2D eigenvalue weighted by Gasteiger charge is -2.46. The van der Waals surface area contributed by atoms with E-state index < -0.39 is 12.7 Å². The Labute approximate surface area is 112 Å². The molecule has 1 saturated heterocycles. The lowest BCUT2D eigenvalue weighted by molar-refractivity contribution is -0.149. The van der Waals surface area contributed by atoms with E-state index in [1.807, 2.05) is 0 Å². The molecule has 0 unspecified atom stereocenters. The second-order valence-corrected chi connectivity index (χ2v) is 6.00. The summed E-state index contributed by atoms with van der Waals surface area (Å²) in [5.74, 6) is 0.899. The molecule has 0 radical (unpaired) electrons. The fourth-order valence-corrected chi connectivity index (χ4v) is 3.29. The molecular weight excluding hydrogens is 261 g/mol. The number of piperazine rings is 1. The van der Waals surface area contributed by atoms with Gasteiger partial charge in [0, 0.05) is 32.7 Å². The van der Waals surface area contributed by atoms with Gasteiger partial charge in [-0.15, -0.1) is 0 Å². The van der Waals surface area contributed by atoms with Crippen LogP contribution in [0.1, 0.15) is 19.3 Å². The lowest BCUT2D eigenvalue weighted by Crippen LogP contribution is -2.53. The fourth-order valence-electron chi connectivity index (χ4n) is 2.88. The molecular formula is C12H21F3N2S. The average molecular weight is 282 g/mol. The Morgan fingerprint density at radius 2 is 1.56 bits per heavy atom. The summed E-state index contributed by atoms with van der Waals surface area (Å²) in [4.78, 5) is 3.81. The van der Waals surface area contributed by atoms with Gasteiger partial charge in [0.15, 0.2) is 0 Å². The van der Waals surface area contributed by atoms with Gasteiger partial charge in [0.05, 0.1) is 6.54 Å². The molecule has 0 aromatic carbocycles. The second-order valence-electron chi connectivity index (χ2n) is 5.68. The van der Waals surface area contributed by atoms with Crippen LogP contribution in [-0.4, -0.2) is 61.0 Å². The minimum atomic E-state index is -4.07. The van der Waals surface area contributed by atoms with E-state index >= 15 is 0 Å². The van der Waals surface area contributed by atoms with Gasteiger partial charge in [-0.05, 0) is 24.0 Å². The molecule has 2 rings (SSSR count). The van der Waals surface area contributed by atoms with Crippen molar-refractivity contribution in [2.45, 2.75) is 25.4 Å². The van der Waals surface area contributed by atoms with Gasteiger partial charge in [0.1, 0.15) is 0 Å². The van der Waals surface area contributed by atoms with Crippen LogP contribution < -0.4 is 0 Å². The number of halogens is 3. The van der Waals surface area contributed by atoms with Crippen LogP contribution in [0.3, 0.4) is 0 Å². The molecule has 1 aliphatic heterocycles. The molecule has 0 N–H and O–H groups in total. The third-order valence-corrected chi connectivity index (χ3v) is 4.85. The number of thiol groups is 1. The van der Waals surface area contributed by atoms with Crippen LogP contribution in [0.5, 0.6) is 0 Å². The third-order valence-electron chi connectivity index (χ3n) is 4.18. The molecule has 18 heavy (non-hydrogen) atoms. The highest BCUT2D eigenvalue weighted by atomic mass is 32.1. The maximum absolute atomic E-state index is 12.3. The smallest absolute Gasteiger partial charge is 0.300 e. The first-order valence-corrected chi connectivity index (χ1v) is 7.18. The Hall–Kier alpha value is 0.0600. The summed E-state index contributed by atoms with van der Waals surface area (Å²) < 4.78 is 36.8. The second kappa shape index (κ2) is 5.59. The van der Waals surface area contributed by atoms with E-state index in [1.165, 1.54) is 24.2 Å². The first kappa shape index (κ1) is 14.5. The molecule has 6 heteroatoms. The Morgan fingerprint density at radius 3 is 1.94 bits per heavy atom. The SMILES string of the molecule is FC(F)(F)CN1CCN(CC2(CS)CCC2)CC1. The summed E-state index contributed by atoms with van der Waals surface area (Å²) >= 11 is 4.42. The first-order valence-electron chi connectivity index (χ1n) is 6.55. The van der Waals surface area contributed by atoms with Crippen LogP contribution in [0.4, 0.5) is 13.2 Å². The van der Waals surface area contributed by atoms with E-state index in [-0.39, 0.29) is 0 Å². The van der Waals surface area contributed by atoms with Crippen molar-refractivity contribution in [2.75, 3.05) is 45.0 Å². The maximum Gasteiger partial charge on any atom is 0.401 e. The van der Waals surface area contributed by atoms with Gasteiger partial charge in [-0.1, -0.05) is 6.42 Å². The van der Waals surface area contributed by atoms with Crippen molar-refractivity contribution >= 4 is 12.6 Å². The highest BCUT2D eigenvalue weighted by Crippen LogP contribution is 2.42. The van der Waals surface area contributed by atoms with Crippen molar-refractivity contribution in [3.05, 3.63) is 0 Å². The minimum Gasteiger partial charge on any atom is -0.300 e. The summed E-state index contributed by atoms with van der Waals surface area (Å²) in [6.45, 7) is 2.82. The fraction of sp³-hybridized carbons (Fsp3) is 1.00. The van der Waals surface area contributed by atoms with Crippen molar-refractivity contribution in [1.29, 1.82) is 0 Å².